The van der Waals surface area contributed by atoms with Crippen LogP contribution in [0.25, 0.3) is 0 Å². The van der Waals surface area contributed by atoms with Gasteiger partial charge in [-0.05, 0) is 36.7 Å². The predicted molar refractivity (Wildman–Crippen MR) is 87.5 cm³/mol. The molecule has 1 aromatic heterocycles. The standard InChI is InChI=1S/C15H17Cl2NOS/c1-3-7-18-14(12-9-13(16)20-15(12)17)10-5-4-6-11(8-10)19-2/h4-6,8-9,14,18H,3,7H2,1-2H3. The van der Waals surface area contributed by atoms with Gasteiger partial charge in [0.1, 0.15) is 5.75 Å². The fourth-order valence-electron chi connectivity index (χ4n) is 2.07. The van der Waals surface area contributed by atoms with Gasteiger partial charge in [-0.3, -0.25) is 0 Å². The summed E-state index contributed by atoms with van der Waals surface area (Å²) in [5, 5.41) is 3.52. The van der Waals surface area contributed by atoms with Crippen LogP contribution in [0, 0.1) is 0 Å². The molecule has 0 spiro atoms. The van der Waals surface area contributed by atoms with Crippen molar-refractivity contribution in [1.82, 2.24) is 5.32 Å². The Morgan fingerprint density at radius 1 is 1.30 bits per heavy atom. The molecular weight excluding hydrogens is 313 g/mol. The number of rotatable bonds is 6. The molecule has 0 aliphatic rings. The Balaban J connectivity index is 2.38. The van der Waals surface area contributed by atoms with Gasteiger partial charge in [0.15, 0.2) is 0 Å². The predicted octanol–water partition coefficient (Wildman–Crippen LogP) is 5.15. The van der Waals surface area contributed by atoms with Gasteiger partial charge >= 0.3 is 0 Å². The van der Waals surface area contributed by atoms with Crippen molar-refractivity contribution in [3.05, 3.63) is 50.1 Å². The fraction of sp³-hybridized carbons (Fsp3) is 0.333. The van der Waals surface area contributed by atoms with Crippen LogP contribution in [0.3, 0.4) is 0 Å². The number of ether oxygens (including phenoxy) is 1. The SMILES string of the molecule is CCCNC(c1cccc(OC)c1)c1cc(Cl)sc1Cl. The lowest BCUT2D eigenvalue weighted by Crippen LogP contribution is -2.23. The smallest absolute Gasteiger partial charge is 0.119 e. The zero-order valence-electron chi connectivity index (χ0n) is 11.5. The van der Waals surface area contributed by atoms with Gasteiger partial charge in [-0.1, -0.05) is 42.3 Å². The first-order valence-electron chi connectivity index (χ1n) is 6.47. The number of nitrogens with one attached hydrogen (secondary N) is 1. The van der Waals surface area contributed by atoms with Crippen molar-refractivity contribution in [2.45, 2.75) is 19.4 Å². The quantitative estimate of drug-likeness (QED) is 0.790. The van der Waals surface area contributed by atoms with Gasteiger partial charge < -0.3 is 10.1 Å². The fourth-order valence-corrected chi connectivity index (χ4v) is 3.60. The number of halogens is 2. The van der Waals surface area contributed by atoms with E-state index in [9.17, 15) is 0 Å². The molecular formula is C15H17Cl2NOS. The van der Waals surface area contributed by atoms with Crippen molar-refractivity contribution < 1.29 is 4.74 Å². The molecule has 0 aliphatic heterocycles. The molecule has 0 saturated heterocycles. The molecule has 0 aliphatic carbocycles. The lowest BCUT2D eigenvalue weighted by molar-refractivity contribution is 0.413. The van der Waals surface area contributed by atoms with Gasteiger partial charge in [-0.25, -0.2) is 0 Å². The van der Waals surface area contributed by atoms with Crippen LogP contribution in [-0.4, -0.2) is 13.7 Å². The number of hydrogen-bond acceptors (Lipinski definition) is 3. The van der Waals surface area contributed by atoms with Crippen LogP contribution in [0.4, 0.5) is 0 Å². The second kappa shape index (κ2) is 7.32. The first-order valence-corrected chi connectivity index (χ1v) is 8.05. The van der Waals surface area contributed by atoms with Gasteiger partial charge in [0, 0.05) is 5.56 Å². The summed E-state index contributed by atoms with van der Waals surface area (Å²) in [5.41, 5.74) is 2.14. The molecule has 1 heterocycles. The van der Waals surface area contributed by atoms with Crippen molar-refractivity contribution in [3.8, 4) is 5.75 Å². The van der Waals surface area contributed by atoms with Crippen molar-refractivity contribution >= 4 is 34.5 Å². The molecule has 20 heavy (non-hydrogen) atoms. The largest absolute Gasteiger partial charge is 0.497 e. The normalized spacial score (nSPS) is 12.4. The summed E-state index contributed by atoms with van der Waals surface area (Å²) in [6, 6.07) is 9.97. The molecule has 0 amide bonds. The Morgan fingerprint density at radius 3 is 2.70 bits per heavy atom. The minimum absolute atomic E-state index is 0.0290. The lowest BCUT2D eigenvalue weighted by Gasteiger charge is -2.19. The van der Waals surface area contributed by atoms with Gasteiger partial charge in [0.05, 0.1) is 21.8 Å². The van der Waals surface area contributed by atoms with Crippen LogP contribution < -0.4 is 10.1 Å². The van der Waals surface area contributed by atoms with Crippen LogP contribution in [0.15, 0.2) is 30.3 Å². The van der Waals surface area contributed by atoms with Gasteiger partial charge in [0.2, 0.25) is 0 Å². The van der Waals surface area contributed by atoms with E-state index in [2.05, 4.69) is 18.3 Å². The van der Waals surface area contributed by atoms with E-state index in [1.807, 2.05) is 24.3 Å². The number of thiophene rings is 1. The molecule has 0 fully saturated rings. The maximum absolute atomic E-state index is 6.31. The zero-order chi connectivity index (χ0) is 14.5. The average Bonchev–Trinajstić information content (AvgIpc) is 2.78. The molecule has 2 rings (SSSR count). The van der Waals surface area contributed by atoms with E-state index in [-0.39, 0.29) is 6.04 Å². The number of methoxy groups -OCH3 is 1. The van der Waals surface area contributed by atoms with Crippen LogP contribution >= 0.6 is 34.5 Å². The Morgan fingerprint density at radius 2 is 2.10 bits per heavy atom. The number of benzene rings is 1. The highest BCUT2D eigenvalue weighted by atomic mass is 35.5. The summed E-state index contributed by atoms with van der Waals surface area (Å²) in [4.78, 5) is 0. The molecule has 1 atom stereocenters. The van der Waals surface area contributed by atoms with Crippen LogP contribution in [0.2, 0.25) is 8.67 Å². The first kappa shape index (κ1) is 15.6. The topological polar surface area (TPSA) is 21.3 Å². The Kier molecular flexibility index (Phi) is 5.73. The molecule has 2 aromatic rings. The second-order valence-electron chi connectivity index (χ2n) is 4.44. The molecule has 1 N–H and O–H groups in total. The van der Waals surface area contributed by atoms with E-state index in [4.69, 9.17) is 27.9 Å². The summed E-state index contributed by atoms with van der Waals surface area (Å²) in [6.07, 6.45) is 1.05. The molecule has 1 aromatic carbocycles. The molecule has 5 heteroatoms. The Hall–Kier alpha value is -0.740. The zero-order valence-corrected chi connectivity index (χ0v) is 13.8. The van der Waals surface area contributed by atoms with Crippen molar-refractivity contribution in [2.75, 3.05) is 13.7 Å². The maximum atomic E-state index is 6.31. The van der Waals surface area contributed by atoms with Crippen molar-refractivity contribution in [1.29, 1.82) is 0 Å². The summed E-state index contributed by atoms with van der Waals surface area (Å²) in [5.74, 6) is 0.836. The minimum Gasteiger partial charge on any atom is -0.497 e. The first-order chi connectivity index (χ1) is 9.65. The summed E-state index contributed by atoms with van der Waals surface area (Å²) >= 11 is 13.8. The number of hydrogen-bond donors (Lipinski definition) is 1. The monoisotopic (exact) mass is 329 g/mol. The van der Waals surface area contributed by atoms with Gasteiger partial charge in [0.25, 0.3) is 0 Å². The summed E-state index contributed by atoms with van der Waals surface area (Å²) in [7, 11) is 1.67. The Labute approximate surface area is 133 Å². The molecule has 1 unspecified atom stereocenters. The van der Waals surface area contributed by atoms with E-state index in [0.29, 0.717) is 4.34 Å². The molecule has 108 valence electrons. The molecule has 0 bridgehead atoms. The lowest BCUT2D eigenvalue weighted by atomic mass is 10.0. The van der Waals surface area contributed by atoms with E-state index in [1.165, 1.54) is 11.3 Å². The van der Waals surface area contributed by atoms with E-state index >= 15 is 0 Å². The third kappa shape index (κ3) is 3.67. The third-order valence-corrected chi connectivity index (χ3v) is 4.54. The van der Waals surface area contributed by atoms with Crippen LogP contribution in [0.1, 0.15) is 30.5 Å². The highest BCUT2D eigenvalue weighted by molar-refractivity contribution is 7.20. The highest BCUT2D eigenvalue weighted by Crippen LogP contribution is 2.38. The van der Waals surface area contributed by atoms with Crippen molar-refractivity contribution in [3.63, 3.8) is 0 Å². The van der Waals surface area contributed by atoms with E-state index in [0.717, 1.165) is 34.2 Å². The van der Waals surface area contributed by atoms with Gasteiger partial charge in [-0.15, -0.1) is 11.3 Å². The van der Waals surface area contributed by atoms with E-state index < -0.39 is 0 Å². The molecule has 0 saturated carbocycles. The van der Waals surface area contributed by atoms with E-state index in [1.54, 1.807) is 7.11 Å². The van der Waals surface area contributed by atoms with Crippen molar-refractivity contribution in [2.24, 2.45) is 0 Å². The Bertz CT molecular complexity index is 571. The van der Waals surface area contributed by atoms with Crippen LogP contribution in [-0.2, 0) is 0 Å². The van der Waals surface area contributed by atoms with Gasteiger partial charge in [-0.2, -0.15) is 0 Å². The molecule has 2 nitrogen and oxygen atoms in total. The van der Waals surface area contributed by atoms with Crippen LogP contribution in [0.5, 0.6) is 5.75 Å². The second-order valence-corrected chi connectivity index (χ2v) is 6.73. The maximum Gasteiger partial charge on any atom is 0.119 e. The summed E-state index contributed by atoms with van der Waals surface area (Å²) < 4.78 is 6.73. The summed E-state index contributed by atoms with van der Waals surface area (Å²) in [6.45, 7) is 3.05. The average molecular weight is 330 g/mol. The molecule has 0 radical (unpaired) electrons. The highest BCUT2D eigenvalue weighted by Gasteiger charge is 2.19. The minimum atomic E-state index is 0.0290. The third-order valence-electron chi connectivity index (χ3n) is 3.02.